The highest BCUT2D eigenvalue weighted by atomic mass is 32.2. The molecule has 3 aromatic rings. The van der Waals surface area contributed by atoms with Crippen molar-refractivity contribution in [3.8, 4) is 17.2 Å². The monoisotopic (exact) mass is 357 g/mol. The lowest BCUT2D eigenvalue weighted by molar-refractivity contribution is -0.384. The Morgan fingerprint density at radius 3 is 2.64 bits per heavy atom. The lowest BCUT2D eigenvalue weighted by atomic mass is 10.1. The standard InChI is InChI=1S/C17H15N3O4S/c1-11(13-4-3-5-14(10-13)20(21)22)25-17-19-18-16(24-17)12-6-8-15(23-2)9-7-12/h3-11H,1-2H3. The van der Waals surface area contributed by atoms with Crippen LogP contribution in [0.4, 0.5) is 5.69 Å². The van der Waals surface area contributed by atoms with Gasteiger partial charge in [-0.15, -0.1) is 10.2 Å². The zero-order valence-electron chi connectivity index (χ0n) is 13.6. The molecule has 0 fully saturated rings. The maximum Gasteiger partial charge on any atom is 0.277 e. The van der Waals surface area contributed by atoms with Crippen LogP contribution in [0.2, 0.25) is 0 Å². The molecule has 0 saturated carbocycles. The van der Waals surface area contributed by atoms with Crippen LogP contribution in [0.5, 0.6) is 5.75 Å². The largest absolute Gasteiger partial charge is 0.497 e. The molecule has 0 aliphatic rings. The Morgan fingerprint density at radius 2 is 1.96 bits per heavy atom. The van der Waals surface area contributed by atoms with Crippen molar-refractivity contribution in [2.24, 2.45) is 0 Å². The van der Waals surface area contributed by atoms with Crippen molar-refractivity contribution in [2.45, 2.75) is 17.4 Å². The number of nitro benzene ring substituents is 1. The third kappa shape index (κ3) is 3.97. The molecule has 1 aromatic heterocycles. The smallest absolute Gasteiger partial charge is 0.277 e. The zero-order valence-corrected chi connectivity index (χ0v) is 14.4. The number of nitro groups is 1. The van der Waals surface area contributed by atoms with Crippen LogP contribution >= 0.6 is 11.8 Å². The summed E-state index contributed by atoms with van der Waals surface area (Å²) in [6.45, 7) is 1.93. The second-order valence-electron chi connectivity index (χ2n) is 5.21. The van der Waals surface area contributed by atoms with Crippen LogP contribution < -0.4 is 4.74 Å². The van der Waals surface area contributed by atoms with Gasteiger partial charge in [-0.1, -0.05) is 23.9 Å². The van der Waals surface area contributed by atoms with Crippen molar-refractivity contribution in [3.63, 3.8) is 0 Å². The predicted molar refractivity (Wildman–Crippen MR) is 93.7 cm³/mol. The number of thioether (sulfide) groups is 1. The van der Waals surface area contributed by atoms with Crippen molar-refractivity contribution in [1.29, 1.82) is 0 Å². The van der Waals surface area contributed by atoms with Gasteiger partial charge in [0.2, 0.25) is 5.89 Å². The summed E-state index contributed by atoms with van der Waals surface area (Å²) in [7, 11) is 1.60. The molecule has 1 heterocycles. The van der Waals surface area contributed by atoms with Crippen LogP contribution in [0.1, 0.15) is 17.7 Å². The van der Waals surface area contributed by atoms with E-state index in [1.807, 2.05) is 37.3 Å². The molecule has 2 aromatic carbocycles. The van der Waals surface area contributed by atoms with E-state index >= 15 is 0 Å². The average molecular weight is 357 g/mol. The fraction of sp³-hybridized carbons (Fsp3) is 0.176. The number of hydrogen-bond acceptors (Lipinski definition) is 7. The van der Waals surface area contributed by atoms with Crippen molar-refractivity contribution in [3.05, 3.63) is 64.2 Å². The average Bonchev–Trinajstić information content (AvgIpc) is 3.10. The van der Waals surface area contributed by atoms with Gasteiger partial charge >= 0.3 is 0 Å². The maximum atomic E-state index is 10.9. The Morgan fingerprint density at radius 1 is 1.20 bits per heavy atom. The van der Waals surface area contributed by atoms with Gasteiger partial charge in [0, 0.05) is 22.9 Å². The van der Waals surface area contributed by atoms with Crippen LogP contribution in [-0.2, 0) is 0 Å². The van der Waals surface area contributed by atoms with Gasteiger partial charge in [0.25, 0.3) is 10.9 Å². The second-order valence-corrected chi connectivity index (χ2v) is 6.51. The van der Waals surface area contributed by atoms with E-state index in [1.54, 1.807) is 19.2 Å². The number of methoxy groups -OCH3 is 1. The highest BCUT2D eigenvalue weighted by Crippen LogP contribution is 2.36. The molecule has 0 bridgehead atoms. The number of benzene rings is 2. The molecule has 0 radical (unpaired) electrons. The van der Waals surface area contributed by atoms with Crippen molar-refractivity contribution < 1.29 is 14.1 Å². The lowest BCUT2D eigenvalue weighted by Crippen LogP contribution is -1.92. The van der Waals surface area contributed by atoms with E-state index in [2.05, 4.69) is 10.2 Å². The van der Waals surface area contributed by atoms with Gasteiger partial charge in [0.15, 0.2) is 0 Å². The van der Waals surface area contributed by atoms with E-state index in [1.165, 1.54) is 17.8 Å². The number of rotatable bonds is 6. The molecule has 8 heteroatoms. The number of hydrogen-bond donors (Lipinski definition) is 0. The first-order chi connectivity index (χ1) is 12.1. The number of ether oxygens (including phenoxy) is 1. The Labute approximate surface area is 148 Å². The summed E-state index contributed by atoms with van der Waals surface area (Å²) in [6, 6.07) is 13.8. The SMILES string of the molecule is COc1ccc(-c2nnc(SC(C)c3cccc([N+](=O)[O-])c3)o2)cc1. The van der Waals surface area contributed by atoms with Gasteiger partial charge in [-0.2, -0.15) is 0 Å². The van der Waals surface area contributed by atoms with Gasteiger partial charge in [-0.25, -0.2) is 0 Å². The third-order valence-corrected chi connectivity index (χ3v) is 4.56. The molecule has 128 valence electrons. The van der Waals surface area contributed by atoms with E-state index in [0.717, 1.165) is 16.9 Å². The minimum Gasteiger partial charge on any atom is -0.497 e. The maximum absolute atomic E-state index is 10.9. The first-order valence-electron chi connectivity index (χ1n) is 7.46. The van der Waals surface area contributed by atoms with Gasteiger partial charge in [0.05, 0.1) is 12.0 Å². The summed E-state index contributed by atoms with van der Waals surface area (Å²) in [6.07, 6.45) is 0. The number of aromatic nitrogens is 2. The summed E-state index contributed by atoms with van der Waals surface area (Å²) in [4.78, 5) is 10.5. The minimum absolute atomic E-state index is 0.0643. The van der Waals surface area contributed by atoms with E-state index in [0.29, 0.717) is 11.1 Å². The molecule has 0 aliphatic heterocycles. The van der Waals surface area contributed by atoms with Crippen LogP contribution in [0.3, 0.4) is 0 Å². The first kappa shape index (κ1) is 17.0. The molecular formula is C17H15N3O4S. The first-order valence-corrected chi connectivity index (χ1v) is 8.33. The highest BCUT2D eigenvalue weighted by molar-refractivity contribution is 7.99. The second kappa shape index (κ2) is 7.35. The summed E-state index contributed by atoms with van der Waals surface area (Å²) in [5.74, 6) is 1.16. The molecular weight excluding hydrogens is 342 g/mol. The van der Waals surface area contributed by atoms with Crippen molar-refractivity contribution in [2.75, 3.05) is 7.11 Å². The molecule has 1 unspecified atom stereocenters. The van der Waals surface area contributed by atoms with Crippen molar-refractivity contribution in [1.82, 2.24) is 10.2 Å². The molecule has 3 rings (SSSR count). The van der Waals surface area contributed by atoms with E-state index in [9.17, 15) is 10.1 Å². The van der Waals surface area contributed by atoms with Crippen LogP contribution in [-0.4, -0.2) is 22.2 Å². The molecule has 25 heavy (non-hydrogen) atoms. The number of non-ortho nitro benzene ring substituents is 1. The molecule has 0 N–H and O–H groups in total. The summed E-state index contributed by atoms with van der Waals surface area (Å²) < 4.78 is 10.8. The Hall–Kier alpha value is -2.87. The number of nitrogens with zero attached hydrogens (tertiary/aromatic N) is 3. The molecule has 0 saturated heterocycles. The van der Waals surface area contributed by atoms with Gasteiger partial charge in [0.1, 0.15) is 5.75 Å². The van der Waals surface area contributed by atoms with Gasteiger partial charge < -0.3 is 9.15 Å². The Bertz CT molecular complexity index is 880. The molecule has 7 nitrogen and oxygen atoms in total. The lowest BCUT2D eigenvalue weighted by Gasteiger charge is -2.08. The van der Waals surface area contributed by atoms with E-state index in [4.69, 9.17) is 9.15 Å². The predicted octanol–water partition coefficient (Wildman–Crippen LogP) is 4.51. The third-order valence-electron chi connectivity index (χ3n) is 3.57. The Kier molecular flexibility index (Phi) is 4.99. The van der Waals surface area contributed by atoms with Gasteiger partial charge in [-0.05, 0) is 36.8 Å². The van der Waals surface area contributed by atoms with Crippen LogP contribution in [0.15, 0.2) is 58.2 Å². The Balaban J connectivity index is 1.74. The highest BCUT2D eigenvalue weighted by Gasteiger charge is 2.16. The summed E-state index contributed by atoms with van der Waals surface area (Å²) >= 11 is 1.35. The molecule has 0 aliphatic carbocycles. The summed E-state index contributed by atoms with van der Waals surface area (Å²) in [5, 5.41) is 19.3. The van der Waals surface area contributed by atoms with Gasteiger partial charge in [-0.3, -0.25) is 10.1 Å². The molecule has 1 atom stereocenters. The summed E-state index contributed by atoms with van der Waals surface area (Å²) in [5.41, 5.74) is 1.68. The quantitative estimate of drug-likeness (QED) is 0.364. The fourth-order valence-corrected chi connectivity index (χ4v) is 3.02. The minimum atomic E-state index is -0.407. The van der Waals surface area contributed by atoms with Crippen LogP contribution in [0, 0.1) is 10.1 Å². The molecule has 0 spiro atoms. The topological polar surface area (TPSA) is 91.3 Å². The fourth-order valence-electron chi connectivity index (χ4n) is 2.22. The van der Waals surface area contributed by atoms with Crippen molar-refractivity contribution >= 4 is 17.4 Å². The molecule has 0 amide bonds. The normalized spacial score (nSPS) is 11.9. The zero-order chi connectivity index (χ0) is 17.8. The van der Waals surface area contributed by atoms with Crippen LogP contribution in [0.25, 0.3) is 11.5 Å². The van der Waals surface area contributed by atoms with E-state index in [-0.39, 0.29) is 10.9 Å². The van der Waals surface area contributed by atoms with E-state index < -0.39 is 4.92 Å².